The molecule has 3 fully saturated rings. The number of carboxylic acid groups (broad SMARTS) is 1. The van der Waals surface area contributed by atoms with Gasteiger partial charge in [-0.05, 0) is 92.4 Å². The lowest BCUT2D eigenvalue weighted by Crippen LogP contribution is -2.73. The second-order valence-corrected chi connectivity index (χ2v) is 22.8. The normalized spacial score (nSPS) is 19.9. The molecule has 4 heterocycles. The molecule has 0 unspecified atom stereocenters. The first-order valence-corrected chi connectivity index (χ1v) is 28.2. The number of carboxylic acids is 1. The summed E-state index contributed by atoms with van der Waals surface area (Å²) in [7, 11) is -1.91. The molecule has 2 aromatic heterocycles. The van der Waals surface area contributed by atoms with E-state index in [0.29, 0.717) is 77.7 Å². The van der Waals surface area contributed by atoms with E-state index in [-0.39, 0.29) is 79.7 Å². The number of phosphoric acid groups is 1. The van der Waals surface area contributed by atoms with Gasteiger partial charge in [0.05, 0.1) is 33.2 Å². The van der Waals surface area contributed by atoms with Gasteiger partial charge < -0.3 is 70.8 Å². The molecule has 11 N–H and O–H groups in total. The standard InChI is InChI=1S/C50H59Cl2N10O12P.C2HF3O2/c1-26-18-55-41-35(73-48(68)60(4)13-12-59(3)47(67)72-22-28-7-9-31(10-8-28)57-43(63)32(6-5-11-53)58-46(54)66)14-33-39(37(26)41)29(16-51)20-61(33)44(64)49-23-50(24-49,25-49)45(65)62-21-30(17-52)40-34(62)15-36(74-75(69,70)71)42-38(40)27(2)19-56-42;3-2(4,5)1(6)7/h7-10,14-15,18-19,29-30,32,55-56H,5-6,11-13,16-17,20-25,53H2,1-4H3,(H,57,63)(H3,54,58,66)(H2,69,70,71);(H,6,7)/t29-,30-,32+,49?,50?;/m1./s1. The van der Waals surface area contributed by atoms with Crippen LogP contribution >= 0.6 is 31.0 Å². The minimum Gasteiger partial charge on any atom is -0.475 e. The number of amides is 7. The number of aromatic amines is 2. The third-order valence-electron chi connectivity index (χ3n) is 15.2. The van der Waals surface area contributed by atoms with Crippen molar-refractivity contribution in [2.24, 2.45) is 22.3 Å². The minimum absolute atomic E-state index is 0.0729. The Morgan fingerprint density at radius 2 is 1.30 bits per heavy atom. The number of nitrogens with two attached hydrogens (primary N) is 2. The second-order valence-electron chi connectivity index (χ2n) is 21.0. The number of hydrogen-bond donors (Lipinski definition) is 9. The average Bonchev–Trinajstić information content (AvgIpc) is 1.26. The lowest BCUT2D eigenvalue weighted by Gasteiger charge is -2.69. The number of aryl methyl sites for hydroxylation is 2. The summed E-state index contributed by atoms with van der Waals surface area (Å²) in [5, 5.41) is 13.7. The molecular formula is C52H60Cl2F3N10O14P. The summed E-state index contributed by atoms with van der Waals surface area (Å²) in [5.41, 5.74) is 15.5. The Hall–Kier alpha value is -7.29. The second kappa shape index (κ2) is 23.5. The van der Waals surface area contributed by atoms with Crippen LogP contribution in [0.2, 0.25) is 0 Å². The number of rotatable bonds is 18. The van der Waals surface area contributed by atoms with Gasteiger partial charge in [-0.15, -0.1) is 23.2 Å². The molecule has 2 bridgehead atoms. The van der Waals surface area contributed by atoms with Crippen molar-refractivity contribution >= 4 is 112 Å². The van der Waals surface area contributed by atoms with Crippen molar-refractivity contribution in [3.8, 4) is 11.5 Å². The number of likely N-dealkylation sites (N-methyl/N-ethyl adjacent to an activating group) is 2. The zero-order valence-electron chi connectivity index (χ0n) is 44.7. The molecule has 2 aliphatic heterocycles. The number of aromatic nitrogens is 2. The average molecular weight is 1210 g/mol. The van der Waals surface area contributed by atoms with Crippen molar-refractivity contribution < 1.29 is 80.2 Å². The zero-order chi connectivity index (χ0) is 60.0. The molecule has 10 rings (SSSR count). The van der Waals surface area contributed by atoms with Crippen LogP contribution in [0.5, 0.6) is 11.5 Å². The fourth-order valence-electron chi connectivity index (χ4n) is 11.3. The van der Waals surface area contributed by atoms with E-state index in [2.05, 4.69) is 20.6 Å². The molecule has 0 spiro atoms. The van der Waals surface area contributed by atoms with Crippen molar-refractivity contribution in [2.45, 2.75) is 76.6 Å². The third-order valence-corrected chi connectivity index (χ3v) is 16.4. The van der Waals surface area contributed by atoms with E-state index in [1.807, 2.05) is 13.8 Å². The topological polar surface area (TPSA) is 346 Å². The van der Waals surface area contributed by atoms with E-state index < -0.39 is 61.0 Å². The fraction of sp³-hybridized carbons (Fsp3) is 0.442. The number of carbonyl (C=O) groups excluding carboxylic acids is 6. The van der Waals surface area contributed by atoms with Gasteiger partial charge in [-0.25, -0.2) is 23.7 Å². The van der Waals surface area contributed by atoms with Gasteiger partial charge in [-0.3, -0.25) is 24.2 Å². The van der Waals surface area contributed by atoms with Crippen LogP contribution in [0.25, 0.3) is 21.8 Å². The molecule has 442 valence electrons. The highest BCUT2D eigenvalue weighted by Crippen LogP contribution is 2.75. The Balaban J connectivity index is 0.00000118. The van der Waals surface area contributed by atoms with E-state index in [1.165, 1.54) is 30.0 Å². The van der Waals surface area contributed by atoms with Crippen LogP contribution in [-0.2, 0) is 35.1 Å². The molecule has 7 amide bonds. The van der Waals surface area contributed by atoms with Gasteiger partial charge in [0.1, 0.15) is 12.6 Å². The summed E-state index contributed by atoms with van der Waals surface area (Å²) in [6, 6.07) is 8.08. The number of carbonyl (C=O) groups is 7. The maximum Gasteiger partial charge on any atom is 0.524 e. The van der Waals surface area contributed by atoms with Crippen LogP contribution in [0.4, 0.5) is 44.6 Å². The number of nitrogens with one attached hydrogen (secondary N) is 4. The van der Waals surface area contributed by atoms with Gasteiger partial charge in [0.25, 0.3) is 0 Å². The van der Waals surface area contributed by atoms with E-state index in [4.69, 9.17) is 58.6 Å². The maximum atomic E-state index is 14.8. The number of anilines is 3. The molecule has 5 aromatic rings. The van der Waals surface area contributed by atoms with Gasteiger partial charge in [-0.1, -0.05) is 12.1 Å². The summed E-state index contributed by atoms with van der Waals surface area (Å²) in [4.78, 5) is 121. The zero-order valence-corrected chi connectivity index (χ0v) is 47.1. The Morgan fingerprint density at radius 3 is 1.76 bits per heavy atom. The molecule has 3 atom stereocenters. The number of hydrogen-bond acceptors (Lipinski definition) is 12. The van der Waals surface area contributed by atoms with Crippen molar-refractivity contribution in [3.05, 3.63) is 76.6 Å². The first-order valence-electron chi connectivity index (χ1n) is 25.6. The van der Waals surface area contributed by atoms with Gasteiger partial charge >= 0.3 is 38.2 Å². The highest BCUT2D eigenvalue weighted by molar-refractivity contribution is 7.46. The number of phosphoric ester groups is 1. The minimum atomic E-state index is -5.08. The molecule has 24 nitrogen and oxygen atoms in total. The SMILES string of the molecule is Cc1c[nH]c2c(OC(=O)N(C)CCN(C)C(=O)OCc3ccc(NC(=O)[C@H](CCCN)NC(N)=O)cc3)cc3c(c12)[C@H](CCl)CN3C(=O)C12CC(C(=O)N3C[C@@H](CCl)c4c3cc(OP(=O)(O)O)c3[nH]cc(C)c43)(C1)C2.O=C(O)C(F)(F)F. The molecule has 3 aliphatic carbocycles. The largest absolute Gasteiger partial charge is 0.524 e. The van der Waals surface area contributed by atoms with E-state index in [0.717, 1.165) is 27.6 Å². The van der Waals surface area contributed by atoms with Crippen LogP contribution in [0, 0.1) is 24.7 Å². The number of fused-ring (bicyclic) bond motifs is 6. The number of benzene rings is 3. The highest BCUT2D eigenvalue weighted by Gasteiger charge is 2.76. The summed E-state index contributed by atoms with van der Waals surface area (Å²) in [6.07, 6.45) is -1.22. The van der Waals surface area contributed by atoms with E-state index in [1.54, 1.807) is 52.5 Å². The number of urea groups is 1. The van der Waals surface area contributed by atoms with Gasteiger partial charge in [0.2, 0.25) is 17.7 Å². The quantitative estimate of drug-likeness (QED) is 0.0315. The number of alkyl halides is 5. The van der Waals surface area contributed by atoms with Crippen molar-refractivity contribution in [1.82, 2.24) is 25.1 Å². The number of primary amides is 1. The van der Waals surface area contributed by atoms with Crippen molar-refractivity contribution in [3.63, 3.8) is 0 Å². The first-order chi connectivity index (χ1) is 38.5. The summed E-state index contributed by atoms with van der Waals surface area (Å²) >= 11 is 13.1. The molecular weight excluding hydrogens is 1150 g/mol. The van der Waals surface area contributed by atoms with Crippen LogP contribution < -0.4 is 41.2 Å². The van der Waals surface area contributed by atoms with Crippen LogP contribution in [0.3, 0.4) is 0 Å². The monoisotopic (exact) mass is 1210 g/mol. The summed E-state index contributed by atoms with van der Waals surface area (Å²) < 4.78 is 60.4. The van der Waals surface area contributed by atoms with Crippen molar-refractivity contribution in [2.75, 3.05) is 73.7 Å². The van der Waals surface area contributed by atoms with Crippen LogP contribution in [0.1, 0.15) is 71.8 Å². The number of aliphatic carboxylic acids is 1. The molecule has 0 saturated heterocycles. The molecule has 5 aliphatic rings. The molecule has 3 saturated carbocycles. The molecule has 3 aromatic carbocycles. The first kappa shape index (κ1) is 60.8. The number of nitrogens with zero attached hydrogens (tertiary/aromatic N) is 4. The predicted octanol–water partition coefficient (Wildman–Crippen LogP) is 6.99. The van der Waals surface area contributed by atoms with Gasteiger partial charge in [0.15, 0.2) is 11.5 Å². The Labute approximate surface area is 476 Å². The van der Waals surface area contributed by atoms with Gasteiger partial charge in [0, 0.05) is 105 Å². The maximum absolute atomic E-state index is 14.8. The highest BCUT2D eigenvalue weighted by atomic mass is 35.5. The Kier molecular flexibility index (Phi) is 17.4. The Bertz CT molecular complexity index is 3390. The van der Waals surface area contributed by atoms with Crippen molar-refractivity contribution in [1.29, 1.82) is 0 Å². The molecule has 82 heavy (non-hydrogen) atoms. The van der Waals surface area contributed by atoms with E-state index >= 15 is 0 Å². The Morgan fingerprint density at radius 1 is 0.829 bits per heavy atom. The van der Waals surface area contributed by atoms with Gasteiger partial charge in [-0.2, -0.15) is 13.2 Å². The molecule has 30 heteroatoms. The lowest BCUT2D eigenvalue weighted by molar-refractivity contribution is -0.205. The van der Waals surface area contributed by atoms with E-state index in [9.17, 15) is 56.3 Å². The fourth-order valence-corrected chi connectivity index (χ4v) is 12.2. The smallest absolute Gasteiger partial charge is 0.475 e. The number of halogens is 5. The summed E-state index contributed by atoms with van der Waals surface area (Å²) in [6.45, 7) is 4.73. The van der Waals surface area contributed by atoms with Crippen LogP contribution in [-0.4, -0.2) is 147 Å². The van der Waals surface area contributed by atoms with Crippen LogP contribution in [0.15, 0.2) is 48.8 Å². The lowest BCUT2D eigenvalue weighted by atomic mass is 9.34. The number of ether oxygens (including phenoxy) is 2. The third kappa shape index (κ3) is 12.1. The molecule has 0 radical (unpaired) electrons. The summed E-state index contributed by atoms with van der Waals surface area (Å²) in [5.74, 6) is -3.56. The predicted molar refractivity (Wildman–Crippen MR) is 294 cm³/mol. The number of H-pyrrole nitrogens is 2.